The first-order chi connectivity index (χ1) is 34.2. The van der Waals surface area contributed by atoms with E-state index in [1.165, 1.54) is 77.0 Å². The highest BCUT2D eigenvalue weighted by atomic mass is 31.2. The van der Waals surface area contributed by atoms with Gasteiger partial charge in [-0.2, -0.15) is 0 Å². The molecule has 0 amide bonds. The third kappa shape index (κ3) is 47.5. The van der Waals surface area contributed by atoms with E-state index in [9.17, 15) is 43.2 Å². The zero-order chi connectivity index (χ0) is 52.7. The molecule has 0 saturated heterocycles. The van der Waals surface area contributed by atoms with Gasteiger partial charge in [0.1, 0.15) is 19.3 Å². The summed E-state index contributed by atoms with van der Waals surface area (Å²) in [6, 6.07) is 0. The molecule has 0 aromatic rings. The van der Waals surface area contributed by atoms with Crippen LogP contribution in [0, 0.1) is 0 Å². The van der Waals surface area contributed by atoms with Gasteiger partial charge in [0.05, 0.1) is 26.4 Å². The number of carbonyl (C=O) groups excluding carboxylic acids is 4. The molecule has 0 radical (unpaired) electrons. The lowest BCUT2D eigenvalue weighted by molar-refractivity contribution is -0.161. The molecule has 0 saturated carbocycles. The van der Waals surface area contributed by atoms with Gasteiger partial charge in [-0.15, -0.1) is 0 Å². The molecule has 0 aromatic carbocycles. The van der Waals surface area contributed by atoms with Crippen LogP contribution in [-0.2, 0) is 65.4 Å². The van der Waals surface area contributed by atoms with E-state index in [2.05, 4.69) is 27.7 Å². The molecule has 0 aliphatic carbocycles. The maximum absolute atomic E-state index is 12.8. The molecule has 0 aromatic heterocycles. The number of phosphoric acid groups is 2. The number of hydrogen-bond acceptors (Lipinski definition) is 15. The Morgan fingerprint density at radius 2 is 0.563 bits per heavy atom. The van der Waals surface area contributed by atoms with Gasteiger partial charge < -0.3 is 33.8 Å². The molecule has 0 rings (SSSR count). The molecule has 0 fully saturated rings. The van der Waals surface area contributed by atoms with E-state index in [4.69, 9.17) is 37.0 Å². The molecule has 0 aliphatic rings. The van der Waals surface area contributed by atoms with E-state index in [0.717, 1.165) is 96.3 Å². The first-order valence-electron chi connectivity index (χ1n) is 27.8. The zero-order valence-electron chi connectivity index (χ0n) is 44.7. The Bertz CT molecular complexity index is 1400. The first-order valence-corrected chi connectivity index (χ1v) is 30.8. The van der Waals surface area contributed by atoms with Crippen molar-refractivity contribution in [3.05, 3.63) is 0 Å². The standard InChI is InChI=1S/C52H100O17P2/c1-5-9-13-17-19-21-23-25-27-31-35-39-52(57)69-48(43-63-50(55)37-33-30-26-24-22-20-18-14-10-6-2)45-67-71(60,61)65-41-46(53)40-64-70(58,59)66-44-47(68-51(56)38-34-29-16-12-8-4)42-62-49(54)36-32-28-15-11-7-3/h46-48,53H,5-45H2,1-4H3,(H,58,59)(H,60,61)/t46-,47+,48+/m0/s1. The van der Waals surface area contributed by atoms with Crippen LogP contribution in [0.3, 0.4) is 0 Å². The van der Waals surface area contributed by atoms with Crippen LogP contribution in [0.4, 0.5) is 0 Å². The zero-order valence-corrected chi connectivity index (χ0v) is 46.5. The van der Waals surface area contributed by atoms with Crippen LogP contribution in [-0.4, -0.2) is 96.7 Å². The normalized spacial score (nSPS) is 14.5. The summed E-state index contributed by atoms with van der Waals surface area (Å²) in [7, 11) is -9.84. The van der Waals surface area contributed by atoms with Crippen LogP contribution in [0.15, 0.2) is 0 Å². The van der Waals surface area contributed by atoms with E-state index < -0.39 is 97.5 Å². The Morgan fingerprint density at radius 1 is 0.338 bits per heavy atom. The molecule has 2 unspecified atom stereocenters. The number of unbranched alkanes of at least 4 members (excludes halogenated alkanes) is 27. The van der Waals surface area contributed by atoms with Crippen LogP contribution in [0.2, 0.25) is 0 Å². The summed E-state index contributed by atoms with van der Waals surface area (Å²) in [4.78, 5) is 71.1. The van der Waals surface area contributed by atoms with Gasteiger partial charge in [-0.3, -0.25) is 37.3 Å². The van der Waals surface area contributed by atoms with Crippen molar-refractivity contribution in [2.24, 2.45) is 0 Å². The van der Waals surface area contributed by atoms with Crippen LogP contribution < -0.4 is 0 Å². The highest BCUT2D eigenvalue weighted by Crippen LogP contribution is 2.45. The fourth-order valence-electron chi connectivity index (χ4n) is 7.51. The molecule has 3 N–H and O–H groups in total. The highest BCUT2D eigenvalue weighted by Gasteiger charge is 2.30. The van der Waals surface area contributed by atoms with Crippen molar-refractivity contribution in [3.8, 4) is 0 Å². The summed E-state index contributed by atoms with van der Waals surface area (Å²) in [6.45, 7) is 4.61. The third-order valence-electron chi connectivity index (χ3n) is 11.9. The van der Waals surface area contributed by atoms with Gasteiger partial charge >= 0.3 is 39.5 Å². The summed E-state index contributed by atoms with van der Waals surface area (Å²) in [5.41, 5.74) is 0. The lowest BCUT2D eigenvalue weighted by Gasteiger charge is -2.21. The second kappa shape index (κ2) is 47.8. The van der Waals surface area contributed by atoms with E-state index in [-0.39, 0.29) is 25.7 Å². The maximum Gasteiger partial charge on any atom is 0.472 e. The average molecular weight is 1060 g/mol. The minimum absolute atomic E-state index is 0.0989. The maximum atomic E-state index is 12.8. The summed E-state index contributed by atoms with van der Waals surface area (Å²) < 4.78 is 67.0. The van der Waals surface area contributed by atoms with Gasteiger partial charge in [-0.25, -0.2) is 9.13 Å². The van der Waals surface area contributed by atoms with E-state index in [1.807, 2.05) is 0 Å². The Kier molecular flexibility index (Phi) is 46.4. The Balaban J connectivity index is 5.14. The molecule has 0 aliphatic heterocycles. The highest BCUT2D eigenvalue weighted by molar-refractivity contribution is 7.47. The fourth-order valence-corrected chi connectivity index (χ4v) is 9.09. The molecule has 17 nitrogen and oxygen atoms in total. The van der Waals surface area contributed by atoms with Crippen molar-refractivity contribution >= 4 is 39.5 Å². The SMILES string of the molecule is CCCCCCCCCCCCCC(=O)O[C@H](COC(=O)CCCCCCCCCCCC)COP(=O)(O)OC[C@@H](O)COP(=O)(O)OC[C@@H](COC(=O)CCCCCCC)OC(=O)CCCCCCC. The minimum Gasteiger partial charge on any atom is -0.462 e. The second-order valence-electron chi connectivity index (χ2n) is 18.9. The number of phosphoric ester groups is 2. The Hall–Kier alpha value is -1.94. The number of aliphatic hydroxyl groups is 1. The molecule has 0 heterocycles. The monoisotopic (exact) mass is 1060 g/mol. The number of rotatable bonds is 53. The predicted molar refractivity (Wildman–Crippen MR) is 275 cm³/mol. The van der Waals surface area contributed by atoms with Crippen LogP contribution >= 0.6 is 15.6 Å². The van der Waals surface area contributed by atoms with Gasteiger partial charge in [0.2, 0.25) is 0 Å². The molecular formula is C52H100O17P2. The molecule has 19 heteroatoms. The first kappa shape index (κ1) is 69.1. The van der Waals surface area contributed by atoms with Crippen molar-refractivity contribution in [2.45, 2.75) is 271 Å². The topological polar surface area (TPSA) is 237 Å². The van der Waals surface area contributed by atoms with E-state index in [1.54, 1.807) is 0 Å². The van der Waals surface area contributed by atoms with E-state index in [0.29, 0.717) is 25.7 Å². The van der Waals surface area contributed by atoms with Gasteiger partial charge in [-0.05, 0) is 25.7 Å². The smallest absolute Gasteiger partial charge is 0.462 e. The predicted octanol–water partition coefficient (Wildman–Crippen LogP) is 13.3. The van der Waals surface area contributed by atoms with Crippen LogP contribution in [0.5, 0.6) is 0 Å². The van der Waals surface area contributed by atoms with Crippen LogP contribution in [0.25, 0.3) is 0 Å². The van der Waals surface area contributed by atoms with Crippen molar-refractivity contribution in [3.63, 3.8) is 0 Å². The van der Waals surface area contributed by atoms with Gasteiger partial charge in [0.25, 0.3) is 0 Å². The molecule has 5 atom stereocenters. The lowest BCUT2D eigenvalue weighted by atomic mass is 10.1. The largest absolute Gasteiger partial charge is 0.472 e. The number of carbonyl (C=O) groups is 4. The minimum atomic E-state index is -4.93. The lowest BCUT2D eigenvalue weighted by Crippen LogP contribution is -2.30. The molecule has 71 heavy (non-hydrogen) atoms. The van der Waals surface area contributed by atoms with Crippen molar-refractivity contribution in [1.82, 2.24) is 0 Å². The molecular weight excluding hydrogens is 959 g/mol. The Morgan fingerprint density at radius 3 is 0.831 bits per heavy atom. The fraction of sp³-hybridized carbons (Fsp3) is 0.923. The quantitative estimate of drug-likeness (QED) is 0.0222. The summed E-state index contributed by atoms with van der Waals surface area (Å²) in [5, 5.41) is 10.4. The number of ether oxygens (including phenoxy) is 4. The summed E-state index contributed by atoms with van der Waals surface area (Å²) in [5.74, 6) is -2.17. The van der Waals surface area contributed by atoms with Crippen molar-refractivity contribution < 1.29 is 80.2 Å². The summed E-state index contributed by atoms with van der Waals surface area (Å²) >= 11 is 0. The van der Waals surface area contributed by atoms with Gasteiger partial charge in [0.15, 0.2) is 12.2 Å². The number of hydrogen-bond donors (Lipinski definition) is 3. The van der Waals surface area contributed by atoms with E-state index >= 15 is 0 Å². The average Bonchev–Trinajstić information content (AvgIpc) is 3.34. The number of aliphatic hydroxyl groups excluding tert-OH is 1. The van der Waals surface area contributed by atoms with Crippen molar-refractivity contribution in [1.29, 1.82) is 0 Å². The Labute approximate surface area is 428 Å². The van der Waals surface area contributed by atoms with Gasteiger partial charge in [-0.1, -0.05) is 201 Å². The number of esters is 4. The van der Waals surface area contributed by atoms with Crippen molar-refractivity contribution in [2.75, 3.05) is 39.6 Å². The third-order valence-corrected chi connectivity index (χ3v) is 13.8. The van der Waals surface area contributed by atoms with Gasteiger partial charge in [0, 0.05) is 25.7 Å². The molecule has 420 valence electrons. The van der Waals surface area contributed by atoms with Crippen LogP contribution in [0.1, 0.15) is 252 Å². The second-order valence-corrected chi connectivity index (χ2v) is 21.8. The molecule has 0 spiro atoms. The summed E-state index contributed by atoms with van der Waals surface area (Å²) in [6.07, 6.45) is 28.7. The molecule has 0 bridgehead atoms.